The Kier molecular flexibility index (Phi) is 7.76. The van der Waals surface area contributed by atoms with Crippen molar-refractivity contribution < 1.29 is 28.5 Å². The Morgan fingerprint density at radius 2 is 1.81 bits per heavy atom. The highest BCUT2D eigenvalue weighted by Gasteiger charge is 2.23. The van der Waals surface area contributed by atoms with Gasteiger partial charge in [-0.05, 0) is 25.1 Å². The first kappa shape index (κ1) is 24.7. The van der Waals surface area contributed by atoms with E-state index in [9.17, 15) is 9.59 Å². The Bertz CT molecular complexity index is 1350. The summed E-state index contributed by atoms with van der Waals surface area (Å²) in [6.45, 7) is 3.48. The molecule has 0 radical (unpaired) electrons. The molecule has 0 aliphatic heterocycles. The van der Waals surface area contributed by atoms with Gasteiger partial charge in [-0.1, -0.05) is 6.07 Å². The van der Waals surface area contributed by atoms with E-state index in [0.717, 1.165) is 18.3 Å². The lowest BCUT2D eigenvalue weighted by Gasteiger charge is -2.16. The van der Waals surface area contributed by atoms with Crippen molar-refractivity contribution in [1.29, 1.82) is 0 Å². The lowest BCUT2D eigenvalue weighted by molar-refractivity contribution is -0.116. The maximum absolute atomic E-state index is 12.8. The molecular weight excluding hydrogens is 464 g/mol. The molecule has 0 amide bonds. The molecular formula is C26H26N4O6. The summed E-state index contributed by atoms with van der Waals surface area (Å²) >= 11 is 0. The number of fused-ring (bicyclic) bond motifs is 1. The van der Waals surface area contributed by atoms with Gasteiger partial charge in [0.25, 0.3) is 0 Å². The second-order valence-electron chi connectivity index (χ2n) is 7.66. The summed E-state index contributed by atoms with van der Waals surface area (Å²) < 4.78 is 21.9. The minimum Gasteiger partial charge on any atom is -0.493 e. The van der Waals surface area contributed by atoms with E-state index in [1.165, 1.54) is 19.5 Å². The number of benzene rings is 2. The Morgan fingerprint density at radius 1 is 0.944 bits per heavy atom. The number of nitrogens with zero attached hydrogens (tertiary/aromatic N) is 2. The van der Waals surface area contributed by atoms with Gasteiger partial charge in [-0.3, -0.25) is 9.59 Å². The van der Waals surface area contributed by atoms with Gasteiger partial charge in [0.05, 0.1) is 24.9 Å². The number of carbonyl (C=O) groups excluding carboxylic acids is 2. The molecule has 36 heavy (non-hydrogen) atoms. The molecule has 0 spiro atoms. The predicted molar refractivity (Wildman–Crippen MR) is 134 cm³/mol. The number of anilines is 2. The Morgan fingerprint density at radius 3 is 2.58 bits per heavy atom. The lowest BCUT2D eigenvalue weighted by Crippen LogP contribution is -2.21. The molecule has 10 nitrogen and oxygen atoms in total. The highest BCUT2D eigenvalue weighted by atomic mass is 16.5. The molecule has 1 aliphatic rings. The Balaban J connectivity index is 1.54. The van der Waals surface area contributed by atoms with Crippen molar-refractivity contribution in [3.8, 4) is 17.2 Å². The van der Waals surface area contributed by atoms with Gasteiger partial charge in [-0.15, -0.1) is 0 Å². The van der Waals surface area contributed by atoms with Gasteiger partial charge in [-0.2, -0.15) is 0 Å². The van der Waals surface area contributed by atoms with E-state index in [2.05, 4.69) is 20.6 Å². The molecule has 1 aromatic heterocycles. The first-order valence-corrected chi connectivity index (χ1v) is 11.3. The SMILES string of the molecule is CCNc1cccc(OC2=CC(=O)C(Nc3ncnc4cc(OCCOC)c(OC)cc34)=CC2=O)c1. The van der Waals surface area contributed by atoms with Crippen molar-refractivity contribution in [1.82, 2.24) is 9.97 Å². The molecule has 0 fully saturated rings. The molecule has 1 heterocycles. The molecule has 186 valence electrons. The van der Waals surface area contributed by atoms with Crippen molar-refractivity contribution >= 4 is 34.0 Å². The summed E-state index contributed by atoms with van der Waals surface area (Å²) in [7, 11) is 3.11. The lowest BCUT2D eigenvalue weighted by atomic mass is 10.1. The molecule has 3 aromatic rings. The third-order valence-corrected chi connectivity index (χ3v) is 5.21. The van der Waals surface area contributed by atoms with Crippen LogP contribution in [0.4, 0.5) is 11.5 Å². The first-order valence-electron chi connectivity index (χ1n) is 11.3. The fraction of sp³-hybridized carbons (Fsp3) is 0.231. The number of ether oxygens (including phenoxy) is 4. The minimum absolute atomic E-state index is 0.0631. The topological polar surface area (TPSA) is 121 Å². The van der Waals surface area contributed by atoms with Crippen molar-refractivity contribution in [2.24, 2.45) is 0 Å². The third-order valence-electron chi connectivity index (χ3n) is 5.21. The summed E-state index contributed by atoms with van der Waals surface area (Å²) in [6.07, 6.45) is 3.71. The van der Waals surface area contributed by atoms with Gasteiger partial charge in [0.15, 0.2) is 17.3 Å². The maximum Gasteiger partial charge on any atom is 0.223 e. The van der Waals surface area contributed by atoms with Crippen LogP contribution in [0, 0.1) is 0 Å². The van der Waals surface area contributed by atoms with E-state index in [-0.39, 0.29) is 11.5 Å². The summed E-state index contributed by atoms with van der Waals surface area (Å²) in [5, 5.41) is 6.71. The smallest absolute Gasteiger partial charge is 0.223 e. The zero-order chi connectivity index (χ0) is 25.5. The molecule has 0 bridgehead atoms. The zero-order valence-electron chi connectivity index (χ0n) is 20.2. The molecule has 0 unspecified atom stereocenters. The van der Waals surface area contributed by atoms with Gasteiger partial charge in [0, 0.05) is 49.0 Å². The quantitative estimate of drug-likeness (QED) is 0.305. The van der Waals surface area contributed by atoms with Crippen LogP contribution in [0.3, 0.4) is 0 Å². The maximum atomic E-state index is 12.8. The van der Waals surface area contributed by atoms with E-state index in [1.807, 2.05) is 13.0 Å². The van der Waals surface area contributed by atoms with Crippen LogP contribution in [-0.4, -0.2) is 55.5 Å². The van der Waals surface area contributed by atoms with E-state index in [1.54, 1.807) is 37.4 Å². The molecule has 10 heteroatoms. The van der Waals surface area contributed by atoms with Gasteiger partial charge < -0.3 is 29.6 Å². The summed E-state index contributed by atoms with van der Waals surface area (Å²) in [5.41, 5.74) is 1.48. The van der Waals surface area contributed by atoms with Crippen molar-refractivity contribution in [3.63, 3.8) is 0 Å². The van der Waals surface area contributed by atoms with Crippen LogP contribution in [0.15, 0.2) is 66.3 Å². The summed E-state index contributed by atoms with van der Waals surface area (Å²) in [5.74, 6) is 0.811. The normalized spacial score (nSPS) is 13.2. The minimum atomic E-state index is -0.448. The fourth-order valence-electron chi connectivity index (χ4n) is 3.52. The molecule has 0 saturated heterocycles. The van der Waals surface area contributed by atoms with Gasteiger partial charge >= 0.3 is 0 Å². The number of aromatic nitrogens is 2. The van der Waals surface area contributed by atoms with Crippen LogP contribution in [0.25, 0.3) is 10.9 Å². The van der Waals surface area contributed by atoms with Crippen LogP contribution < -0.4 is 24.8 Å². The number of allylic oxidation sites excluding steroid dienone is 2. The number of methoxy groups -OCH3 is 2. The molecule has 1 aliphatic carbocycles. The second kappa shape index (κ2) is 11.3. The summed E-state index contributed by atoms with van der Waals surface area (Å²) in [4.78, 5) is 34.1. The van der Waals surface area contributed by atoms with E-state index in [0.29, 0.717) is 47.2 Å². The molecule has 2 N–H and O–H groups in total. The molecule has 0 saturated carbocycles. The predicted octanol–water partition coefficient (Wildman–Crippen LogP) is 3.51. The number of hydrogen-bond acceptors (Lipinski definition) is 10. The number of rotatable bonds is 11. The number of nitrogens with one attached hydrogen (secondary N) is 2. The van der Waals surface area contributed by atoms with Crippen LogP contribution >= 0.6 is 0 Å². The van der Waals surface area contributed by atoms with Crippen molar-refractivity contribution in [2.75, 3.05) is 44.6 Å². The summed E-state index contributed by atoms with van der Waals surface area (Å²) in [6, 6.07) is 10.6. The highest BCUT2D eigenvalue weighted by Crippen LogP contribution is 2.34. The third kappa shape index (κ3) is 5.61. The number of ketones is 2. The average molecular weight is 491 g/mol. The van der Waals surface area contributed by atoms with Crippen LogP contribution in [0.5, 0.6) is 17.2 Å². The van der Waals surface area contributed by atoms with Crippen molar-refractivity contribution in [2.45, 2.75) is 6.92 Å². The average Bonchev–Trinajstić information content (AvgIpc) is 2.87. The Hall–Kier alpha value is -4.44. The van der Waals surface area contributed by atoms with E-state index >= 15 is 0 Å². The highest BCUT2D eigenvalue weighted by molar-refractivity contribution is 6.20. The number of carbonyl (C=O) groups is 2. The first-order chi connectivity index (χ1) is 17.5. The van der Waals surface area contributed by atoms with Gasteiger partial charge in [0.2, 0.25) is 11.6 Å². The van der Waals surface area contributed by atoms with E-state index < -0.39 is 11.6 Å². The van der Waals surface area contributed by atoms with Gasteiger partial charge in [-0.25, -0.2) is 9.97 Å². The van der Waals surface area contributed by atoms with Crippen LogP contribution in [0.2, 0.25) is 0 Å². The van der Waals surface area contributed by atoms with Crippen molar-refractivity contribution in [3.05, 3.63) is 66.3 Å². The van der Waals surface area contributed by atoms with Crippen LogP contribution in [0.1, 0.15) is 6.92 Å². The standard InChI is InChI=1S/C26H26N4O6/c1-4-27-16-6-5-7-17(10-16)36-23-14-21(31)20(12-22(23)32)30-26-18-11-24(34-3)25(35-9-8-33-2)13-19(18)28-15-29-26/h5-7,10-15,27H,4,8-9H2,1-3H3,(H,28,29,30). The Labute approximate surface area is 207 Å². The molecule has 2 aromatic carbocycles. The molecule has 4 rings (SSSR count). The van der Waals surface area contributed by atoms with Crippen LogP contribution in [-0.2, 0) is 14.3 Å². The fourth-order valence-corrected chi connectivity index (χ4v) is 3.52. The largest absolute Gasteiger partial charge is 0.493 e. The zero-order valence-corrected chi connectivity index (χ0v) is 20.2. The van der Waals surface area contributed by atoms with Gasteiger partial charge in [0.1, 0.15) is 24.5 Å². The second-order valence-corrected chi connectivity index (χ2v) is 7.66. The van der Waals surface area contributed by atoms with E-state index in [4.69, 9.17) is 18.9 Å². The molecule has 0 atom stereocenters. The monoisotopic (exact) mass is 490 g/mol. The number of hydrogen-bond donors (Lipinski definition) is 2.